The van der Waals surface area contributed by atoms with Gasteiger partial charge in [0.05, 0.1) is 6.61 Å². The second-order valence-electron chi connectivity index (χ2n) is 5.30. The summed E-state index contributed by atoms with van der Waals surface area (Å²) in [6, 6.07) is 12.6. The van der Waals surface area contributed by atoms with Crippen LogP contribution in [0.4, 0.5) is 0 Å². The monoisotopic (exact) mass is 250 g/mol. The molecule has 0 atom stereocenters. The van der Waals surface area contributed by atoms with Crippen LogP contribution in [0.25, 0.3) is 16.3 Å². The Hall–Kier alpha value is -1.86. The van der Waals surface area contributed by atoms with Crippen molar-refractivity contribution in [1.82, 2.24) is 0 Å². The lowest BCUT2D eigenvalue weighted by atomic mass is 9.92. The van der Waals surface area contributed by atoms with Crippen molar-refractivity contribution in [2.24, 2.45) is 0 Å². The largest absolute Gasteiger partial charge is 0.392 e. The van der Waals surface area contributed by atoms with Crippen molar-refractivity contribution in [2.45, 2.75) is 26.9 Å². The van der Waals surface area contributed by atoms with Crippen LogP contribution in [0.5, 0.6) is 0 Å². The fourth-order valence-electron chi connectivity index (χ4n) is 3.02. The highest BCUT2D eigenvalue weighted by atomic mass is 16.3. The fraction of sp³-hybridized carbons (Fsp3) is 0.222. The zero-order valence-corrected chi connectivity index (χ0v) is 11.4. The van der Waals surface area contributed by atoms with E-state index < -0.39 is 0 Å². The van der Waals surface area contributed by atoms with Crippen molar-refractivity contribution in [1.29, 1.82) is 0 Å². The molecule has 0 heterocycles. The Labute approximate surface area is 113 Å². The van der Waals surface area contributed by atoms with E-state index in [2.05, 4.69) is 44.2 Å². The smallest absolute Gasteiger partial charge is 0.0693 e. The number of fused-ring (bicyclic) bond motifs is 1. The minimum atomic E-state index is 0.0898. The van der Waals surface area contributed by atoms with E-state index >= 15 is 0 Å². The molecule has 2 aromatic carbocycles. The van der Waals surface area contributed by atoms with Crippen molar-refractivity contribution in [3.63, 3.8) is 0 Å². The molecule has 2 aromatic rings. The van der Waals surface area contributed by atoms with Crippen LogP contribution < -0.4 is 0 Å². The highest BCUT2D eigenvalue weighted by molar-refractivity contribution is 5.91. The first-order valence-corrected chi connectivity index (χ1v) is 6.69. The van der Waals surface area contributed by atoms with Gasteiger partial charge >= 0.3 is 0 Å². The lowest BCUT2D eigenvalue weighted by Crippen LogP contribution is -1.95. The zero-order valence-electron chi connectivity index (χ0n) is 11.4. The molecular weight excluding hydrogens is 232 g/mol. The molecular formula is C18H18O. The summed E-state index contributed by atoms with van der Waals surface area (Å²) in [6.07, 6.45) is 3.24. The quantitative estimate of drug-likeness (QED) is 0.834. The lowest BCUT2D eigenvalue weighted by Gasteiger charge is -2.13. The number of allylic oxidation sites excluding steroid dienone is 4. The molecule has 19 heavy (non-hydrogen) atoms. The van der Waals surface area contributed by atoms with Gasteiger partial charge < -0.3 is 5.11 Å². The van der Waals surface area contributed by atoms with Crippen LogP contribution in [0, 0.1) is 0 Å². The van der Waals surface area contributed by atoms with Crippen molar-refractivity contribution < 1.29 is 5.11 Å². The van der Waals surface area contributed by atoms with Crippen LogP contribution >= 0.6 is 0 Å². The van der Waals surface area contributed by atoms with Gasteiger partial charge in [-0.1, -0.05) is 48.0 Å². The summed E-state index contributed by atoms with van der Waals surface area (Å²) >= 11 is 0. The molecule has 0 saturated heterocycles. The fourth-order valence-corrected chi connectivity index (χ4v) is 3.02. The van der Waals surface area contributed by atoms with Gasteiger partial charge in [-0.25, -0.2) is 0 Å². The molecule has 0 amide bonds. The average Bonchev–Trinajstić information content (AvgIpc) is 2.76. The second kappa shape index (κ2) is 4.67. The molecule has 0 aliphatic heterocycles. The number of hydrogen-bond acceptors (Lipinski definition) is 1. The summed E-state index contributed by atoms with van der Waals surface area (Å²) in [5.41, 5.74) is 6.32. The Morgan fingerprint density at radius 2 is 1.84 bits per heavy atom. The maximum absolute atomic E-state index is 9.79. The number of aliphatic hydroxyl groups is 1. The molecule has 96 valence electrons. The van der Waals surface area contributed by atoms with E-state index in [1.165, 1.54) is 27.7 Å². The van der Waals surface area contributed by atoms with E-state index in [0.717, 1.165) is 17.4 Å². The van der Waals surface area contributed by atoms with Gasteiger partial charge in [0.1, 0.15) is 0 Å². The van der Waals surface area contributed by atoms with Gasteiger partial charge in [-0.2, -0.15) is 0 Å². The third kappa shape index (κ3) is 2.00. The van der Waals surface area contributed by atoms with Crippen LogP contribution in [0.3, 0.4) is 0 Å². The number of aliphatic hydroxyl groups excluding tert-OH is 1. The molecule has 0 aromatic heterocycles. The molecule has 0 spiro atoms. The molecule has 1 N–H and O–H groups in total. The Kier molecular flexibility index (Phi) is 3.00. The molecule has 1 heteroatoms. The summed E-state index contributed by atoms with van der Waals surface area (Å²) < 4.78 is 0. The Morgan fingerprint density at radius 1 is 1.05 bits per heavy atom. The number of benzene rings is 2. The van der Waals surface area contributed by atoms with E-state index in [0.29, 0.717) is 0 Å². The van der Waals surface area contributed by atoms with Crippen LogP contribution in [-0.2, 0) is 6.61 Å². The van der Waals surface area contributed by atoms with Gasteiger partial charge in [0.15, 0.2) is 0 Å². The lowest BCUT2D eigenvalue weighted by molar-refractivity contribution is 0.283. The van der Waals surface area contributed by atoms with Crippen molar-refractivity contribution in [3.8, 4) is 0 Å². The van der Waals surface area contributed by atoms with E-state index in [9.17, 15) is 5.11 Å². The van der Waals surface area contributed by atoms with E-state index in [1.807, 2.05) is 12.1 Å². The van der Waals surface area contributed by atoms with Crippen LogP contribution in [0.15, 0.2) is 53.6 Å². The van der Waals surface area contributed by atoms with E-state index in [-0.39, 0.29) is 6.61 Å². The highest BCUT2D eigenvalue weighted by Crippen LogP contribution is 2.36. The molecule has 0 saturated carbocycles. The van der Waals surface area contributed by atoms with Gasteiger partial charge in [0, 0.05) is 0 Å². The Balaban J connectivity index is 2.23. The van der Waals surface area contributed by atoms with Gasteiger partial charge in [0.2, 0.25) is 0 Å². The maximum atomic E-state index is 9.79. The molecule has 0 fully saturated rings. The molecule has 0 radical (unpaired) electrons. The molecule has 0 bridgehead atoms. The molecule has 1 aliphatic rings. The van der Waals surface area contributed by atoms with Gasteiger partial charge in [0.25, 0.3) is 0 Å². The summed E-state index contributed by atoms with van der Waals surface area (Å²) in [5.74, 6) is 0. The summed E-state index contributed by atoms with van der Waals surface area (Å²) in [4.78, 5) is 0. The Bertz CT molecular complexity index is 705. The third-order valence-electron chi connectivity index (χ3n) is 3.92. The Morgan fingerprint density at radius 3 is 2.53 bits per heavy atom. The predicted octanol–water partition coefficient (Wildman–Crippen LogP) is 4.46. The summed E-state index contributed by atoms with van der Waals surface area (Å²) in [5, 5.41) is 12.1. The molecule has 1 nitrogen and oxygen atoms in total. The van der Waals surface area contributed by atoms with Crippen molar-refractivity contribution >= 4 is 16.3 Å². The van der Waals surface area contributed by atoms with Gasteiger partial charge in [-0.3, -0.25) is 0 Å². The molecule has 1 aliphatic carbocycles. The van der Waals surface area contributed by atoms with Crippen molar-refractivity contribution in [2.75, 3.05) is 0 Å². The predicted molar refractivity (Wildman–Crippen MR) is 80.8 cm³/mol. The molecule has 3 rings (SSSR count). The summed E-state index contributed by atoms with van der Waals surface area (Å²) in [6.45, 7) is 4.41. The van der Waals surface area contributed by atoms with Gasteiger partial charge in [-0.15, -0.1) is 0 Å². The first kappa shape index (κ1) is 12.2. The number of hydrogen-bond donors (Lipinski definition) is 1. The standard InChI is InChI=1S/C18H18O/c1-12-9-13(2)17(10-12)16-8-7-14-5-3-4-6-15(14)18(16)11-19/h3-9,19H,10-11H2,1-2H3. The van der Waals surface area contributed by atoms with Crippen LogP contribution in [0.2, 0.25) is 0 Å². The summed E-state index contributed by atoms with van der Waals surface area (Å²) in [7, 11) is 0. The normalized spacial score (nSPS) is 15.2. The third-order valence-corrected chi connectivity index (χ3v) is 3.92. The highest BCUT2D eigenvalue weighted by Gasteiger charge is 2.16. The number of rotatable bonds is 2. The zero-order chi connectivity index (χ0) is 13.4. The SMILES string of the molecule is CC1=CC(C)=C(c2ccc3ccccc3c2CO)C1. The van der Waals surface area contributed by atoms with Crippen LogP contribution in [0.1, 0.15) is 31.4 Å². The maximum Gasteiger partial charge on any atom is 0.0693 e. The minimum absolute atomic E-state index is 0.0898. The first-order valence-electron chi connectivity index (χ1n) is 6.69. The van der Waals surface area contributed by atoms with Gasteiger partial charge in [-0.05, 0) is 53.3 Å². The van der Waals surface area contributed by atoms with Crippen molar-refractivity contribution in [3.05, 3.63) is 64.7 Å². The van der Waals surface area contributed by atoms with E-state index in [4.69, 9.17) is 0 Å². The van der Waals surface area contributed by atoms with E-state index in [1.54, 1.807) is 0 Å². The average molecular weight is 250 g/mol. The second-order valence-corrected chi connectivity index (χ2v) is 5.30. The van der Waals surface area contributed by atoms with Crippen LogP contribution in [-0.4, -0.2) is 5.11 Å². The minimum Gasteiger partial charge on any atom is -0.392 e. The first-order chi connectivity index (χ1) is 9.20. The topological polar surface area (TPSA) is 20.2 Å². The molecule has 0 unspecified atom stereocenters.